The molecule has 1 fully saturated rings. The predicted molar refractivity (Wildman–Crippen MR) is 82.6 cm³/mol. The van der Waals surface area contributed by atoms with E-state index in [0.717, 1.165) is 19.6 Å². The molecule has 0 radical (unpaired) electrons. The second-order valence-corrected chi connectivity index (χ2v) is 5.98. The van der Waals surface area contributed by atoms with Crippen LogP contribution in [0.3, 0.4) is 0 Å². The van der Waals surface area contributed by atoms with E-state index in [2.05, 4.69) is 48.5 Å². The molecule has 2 heterocycles. The highest BCUT2D eigenvalue weighted by Crippen LogP contribution is 2.22. The van der Waals surface area contributed by atoms with Gasteiger partial charge in [-0.2, -0.15) is 5.10 Å². The quantitative estimate of drug-likeness (QED) is 0.928. The second-order valence-electron chi connectivity index (χ2n) is 5.98. The maximum absolute atomic E-state index is 4.71. The van der Waals surface area contributed by atoms with Gasteiger partial charge in [0.1, 0.15) is 0 Å². The van der Waals surface area contributed by atoms with Gasteiger partial charge in [-0.3, -0.25) is 9.58 Å². The Morgan fingerprint density at radius 1 is 1.35 bits per heavy atom. The predicted octanol–water partition coefficient (Wildman–Crippen LogP) is 2.00. The number of likely N-dealkylation sites (tertiary alicyclic amines) is 1. The van der Waals surface area contributed by atoms with Crippen LogP contribution in [-0.2, 0) is 13.6 Å². The first kappa shape index (κ1) is 13.6. The Bertz CT molecular complexity index is 589. The average Bonchev–Trinajstić information content (AvgIpc) is 2.76. The topological polar surface area (TPSA) is 33.1 Å². The van der Waals surface area contributed by atoms with Crippen molar-refractivity contribution in [2.24, 2.45) is 13.0 Å². The van der Waals surface area contributed by atoms with Crippen LogP contribution < -0.4 is 5.32 Å². The zero-order valence-electron chi connectivity index (χ0n) is 12.6. The van der Waals surface area contributed by atoms with E-state index in [4.69, 9.17) is 5.10 Å². The molecule has 2 atom stereocenters. The van der Waals surface area contributed by atoms with Crippen molar-refractivity contribution in [1.29, 1.82) is 0 Å². The first-order valence-electron chi connectivity index (χ1n) is 7.49. The Morgan fingerprint density at radius 2 is 2.15 bits per heavy atom. The van der Waals surface area contributed by atoms with Crippen LogP contribution in [-0.4, -0.2) is 40.9 Å². The molecule has 108 valence electrons. The lowest BCUT2D eigenvalue weighted by Gasteiger charge is -2.36. The van der Waals surface area contributed by atoms with Crippen molar-refractivity contribution < 1.29 is 0 Å². The van der Waals surface area contributed by atoms with E-state index in [-0.39, 0.29) is 0 Å². The molecule has 0 aliphatic carbocycles. The van der Waals surface area contributed by atoms with Gasteiger partial charge < -0.3 is 5.32 Å². The number of para-hydroxylation sites is 1. The summed E-state index contributed by atoms with van der Waals surface area (Å²) in [5.41, 5.74) is 2.43. The summed E-state index contributed by atoms with van der Waals surface area (Å²) in [7, 11) is 4.10. The Labute approximate surface area is 120 Å². The highest BCUT2D eigenvalue weighted by atomic mass is 15.3. The summed E-state index contributed by atoms with van der Waals surface area (Å²) < 4.78 is 1.99. The van der Waals surface area contributed by atoms with E-state index in [1.165, 1.54) is 23.0 Å². The van der Waals surface area contributed by atoms with E-state index in [1.807, 2.05) is 11.7 Å². The lowest BCUT2D eigenvalue weighted by molar-refractivity contribution is 0.144. The van der Waals surface area contributed by atoms with E-state index in [1.54, 1.807) is 0 Å². The number of hydrogen-bond acceptors (Lipinski definition) is 3. The Kier molecular flexibility index (Phi) is 3.76. The molecule has 3 rings (SSSR count). The molecule has 1 saturated heterocycles. The average molecular weight is 272 g/mol. The molecule has 0 saturated carbocycles. The van der Waals surface area contributed by atoms with E-state index in [9.17, 15) is 0 Å². The van der Waals surface area contributed by atoms with Crippen molar-refractivity contribution in [3.8, 4) is 0 Å². The number of nitrogens with one attached hydrogen (secondary N) is 1. The molecule has 1 aromatic heterocycles. The summed E-state index contributed by atoms with van der Waals surface area (Å²) in [6.07, 6.45) is 1.22. The molecule has 0 bridgehead atoms. The number of piperidine rings is 1. The van der Waals surface area contributed by atoms with Crippen LogP contribution >= 0.6 is 0 Å². The van der Waals surface area contributed by atoms with Gasteiger partial charge in [0.05, 0.1) is 11.2 Å². The van der Waals surface area contributed by atoms with E-state index in [0.29, 0.717) is 12.0 Å². The van der Waals surface area contributed by atoms with Crippen molar-refractivity contribution in [3.63, 3.8) is 0 Å². The summed E-state index contributed by atoms with van der Waals surface area (Å²) in [5.74, 6) is 0.698. The van der Waals surface area contributed by atoms with Gasteiger partial charge in [-0.25, -0.2) is 0 Å². The number of nitrogens with zero attached hydrogens (tertiary/aromatic N) is 3. The number of fused-ring (bicyclic) bond motifs is 1. The summed E-state index contributed by atoms with van der Waals surface area (Å²) in [6, 6.07) is 9.16. The highest BCUT2D eigenvalue weighted by Gasteiger charge is 2.25. The molecule has 1 aliphatic heterocycles. The Morgan fingerprint density at radius 3 is 2.90 bits per heavy atom. The van der Waals surface area contributed by atoms with Crippen LogP contribution in [0.15, 0.2) is 24.3 Å². The van der Waals surface area contributed by atoms with Crippen LogP contribution in [0.1, 0.15) is 19.0 Å². The maximum Gasteiger partial charge on any atom is 0.0843 e. The van der Waals surface area contributed by atoms with E-state index >= 15 is 0 Å². The molecule has 4 nitrogen and oxygen atoms in total. The fourth-order valence-electron chi connectivity index (χ4n) is 3.42. The molecule has 1 aromatic carbocycles. The number of aryl methyl sites for hydroxylation is 1. The van der Waals surface area contributed by atoms with Gasteiger partial charge in [-0.1, -0.05) is 25.1 Å². The smallest absolute Gasteiger partial charge is 0.0843 e. The van der Waals surface area contributed by atoms with Gasteiger partial charge in [0.15, 0.2) is 0 Å². The molecule has 2 unspecified atom stereocenters. The monoisotopic (exact) mass is 272 g/mol. The van der Waals surface area contributed by atoms with Crippen molar-refractivity contribution in [2.45, 2.75) is 25.9 Å². The minimum Gasteiger partial charge on any atom is -0.317 e. The SMILES string of the molecule is CNC1CCN(Cc2nn(C)c3ccccc23)CC1C. The van der Waals surface area contributed by atoms with E-state index < -0.39 is 0 Å². The lowest BCUT2D eigenvalue weighted by atomic mass is 9.94. The lowest BCUT2D eigenvalue weighted by Crippen LogP contribution is -2.46. The third kappa shape index (κ3) is 2.45. The summed E-state index contributed by atoms with van der Waals surface area (Å²) >= 11 is 0. The third-order valence-corrected chi connectivity index (χ3v) is 4.57. The normalized spacial score (nSPS) is 24.4. The van der Waals surface area contributed by atoms with Gasteiger partial charge in [0.25, 0.3) is 0 Å². The first-order valence-corrected chi connectivity index (χ1v) is 7.49. The Hall–Kier alpha value is -1.39. The summed E-state index contributed by atoms with van der Waals surface area (Å²) in [4.78, 5) is 2.54. The van der Waals surface area contributed by atoms with Crippen LogP contribution in [0.4, 0.5) is 0 Å². The first-order chi connectivity index (χ1) is 9.69. The Balaban J connectivity index is 1.77. The van der Waals surface area contributed by atoms with Crippen LogP contribution in [0, 0.1) is 5.92 Å². The van der Waals surface area contributed by atoms with Gasteiger partial charge in [-0.05, 0) is 25.5 Å². The molecule has 0 amide bonds. The van der Waals surface area contributed by atoms with Gasteiger partial charge in [0, 0.05) is 38.1 Å². The standard InChI is InChI=1S/C16H24N4/c1-12-10-20(9-8-14(12)17-2)11-15-13-6-4-5-7-16(13)19(3)18-15/h4-7,12,14,17H,8-11H2,1-3H3. The summed E-state index contributed by atoms with van der Waals surface area (Å²) in [5, 5.41) is 9.42. The number of benzene rings is 1. The maximum atomic E-state index is 4.71. The number of hydrogen-bond donors (Lipinski definition) is 1. The van der Waals surface area contributed by atoms with Gasteiger partial charge in [0.2, 0.25) is 0 Å². The fourth-order valence-corrected chi connectivity index (χ4v) is 3.42. The second kappa shape index (κ2) is 5.54. The van der Waals surface area contributed by atoms with Crippen molar-refractivity contribution >= 4 is 10.9 Å². The minimum atomic E-state index is 0.659. The van der Waals surface area contributed by atoms with Crippen LogP contribution in [0.5, 0.6) is 0 Å². The zero-order valence-corrected chi connectivity index (χ0v) is 12.6. The highest BCUT2D eigenvalue weighted by molar-refractivity contribution is 5.81. The zero-order chi connectivity index (χ0) is 14.1. The fraction of sp³-hybridized carbons (Fsp3) is 0.562. The molecular formula is C16H24N4. The molecule has 2 aromatic rings. The van der Waals surface area contributed by atoms with Gasteiger partial charge in [-0.15, -0.1) is 0 Å². The van der Waals surface area contributed by atoms with Crippen molar-refractivity contribution in [1.82, 2.24) is 20.0 Å². The van der Waals surface area contributed by atoms with Gasteiger partial charge >= 0.3 is 0 Å². The van der Waals surface area contributed by atoms with Crippen molar-refractivity contribution in [3.05, 3.63) is 30.0 Å². The molecule has 1 N–H and O–H groups in total. The number of aromatic nitrogens is 2. The minimum absolute atomic E-state index is 0.659. The summed E-state index contributed by atoms with van der Waals surface area (Å²) in [6.45, 7) is 5.60. The third-order valence-electron chi connectivity index (χ3n) is 4.57. The number of rotatable bonds is 3. The van der Waals surface area contributed by atoms with Crippen LogP contribution in [0.25, 0.3) is 10.9 Å². The van der Waals surface area contributed by atoms with Crippen molar-refractivity contribution in [2.75, 3.05) is 20.1 Å². The largest absolute Gasteiger partial charge is 0.317 e. The molecular weight excluding hydrogens is 248 g/mol. The molecule has 4 heteroatoms. The molecule has 20 heavy (non-hydrogen) atoms. The molecule has 1 aliphatic rings. The van der Waals surface area contributed by atoms with Crippen LogP contribution in [0.2, 0.25) is 0 Å². The molecule has 0 spiro atoms.